The van der Waals surface area contributed by atoms with Gasteiger partial charge in [-0.15, -0.1) is 0 Å². The highest BCUT2D eigenvalue weighted by Gasteiger charge is 2.27. The molecule has 104 valence electrons. The molecular weight excluding hydrogens is 288 g/mol. The fourth-order valence-corrected chi connectivity index (χ4v) is 3.82. The largest absolute Gasteiger partial charge is 0.343 e. The molecule has 1 fully saturated rings. The van der Waals surface area contributed by atoms with Crippen LogP contribution in [0.1, 0.15) is 5.56 Å². The molecule has 1 aromatic carbocycles. The third-order valence-electron chi connectivity index (χ3n) is 3.11. The molecule has 1 heterocycles. The molecule has 0 bridgehead atoms. The Morgan fingerprint density at radius 1 is 1.16 bits per heavy atom. The Balaban J connectivity index is 2.07. The SMILES string of the molecule is O=CN1CCN(S(=O)(=O)Cc2ccccc2Cl)CC1. The van der Waals surface area contributed by atoms with Crippen LogP contribution in [-0.2, 0) is 20.6 Å². The third kappa shape index (κ3) is 3.46. The van der Waals surface area contributed by atoms with Crippen molar-refractivity contribution in [2.45, 2.75) is 5.75 Å². The van der Waals surface area contributed by atoms with E-state index in [-0.39, 0.29) is 5.75 Å². The van der Waals surface area contributed by atoms with E-state index in [2.05, 4.69) is 0 Å². The van der Waals surface area contributed by atoms with Crippen molar-refractivity contribution < 1.29 is 13.2 Å². The van der Waals surface area contributed by atoms with Gasteiger partial charge in [-0.25, -0.2) is 8.42 Å². The molecule has 7 heteroatoms. The maximum Gasteiger partial charge on any atom is 0.218 e. The summed E-state index contributed by atoms with van der Waals surface area (Å²) in [5.41, 5.74) is 0.599. The van der Waals surface area contributed by atoms with Crippen LogP contribution in [0, 0.1) is 0 Å². The molecule has 5 nitrogen and oxygen atoms in total. The number of carbonyl (C=O) groups excluding carboxylic acids is 1. The molecule has 0 N–H and O–H groups in total. The summed E-state index contributed by atoms with van der Waals surface area (Å²) in [6, 6.07) is 6.92. The molecule has 0 aromatic heterocycles. The molecule has 1 aliphatic heterocycles. The fraction of sp³-hybridized carbons (Fsp3) is 0.417. The van der Waals surface area contributed by atoms with Gasteiger partial charge in [-0.3, -0.25) is 4.79 Å². The molecule has 0 saturated carbocycles. The monoisotopic (exact) mass is 302 g/mol. The molecular formula is C12H15ClN2O3S. The second kappa shape index (κ2) is 5.90. The van der Waals surface area contributed by atoms with Gasteiger partial charge in [0.05, 0.1) is 5.75 Å². The second-order valence-corrected chi connectivity index (χ2v) is 6.76. The third-order valence-corrected chi connectivity index (χ3v) is 5.31. The standard InChI is InChI=1S/C12H15ClN2O3S/c13-12-4-2-1-3-11(12)9-19(17,18)15-7-5-14(10-16)6-8-15/h1-4,10H,5-9H2. The summed E-state index contributed by atoms with van der Waals surface area (Å²) in [4.78, 5) is 12.2. The van der Waals surface area contributed by atoms with Crippen LogP contribution in [-0.4, -0.2) is 50.2 Å². The van der Waals surface area contributed by atoms with Crippen LogP contribution in [0.5, 0.6) is 0 Å². The second-order valence-electron chi connectivity index (χ2n) is 4.39. The zero-order valence-corrected chi connectivity index (χ0v) is 11.9. The van der Waals surface area contributed by atoms with Crippen molar-refractivity contribution in [3.63, 3.8) is 0 Å². The van der Waals surface area contributed by atoms with E-state index in [0.717, 1.165) is 6.41 Å². The lowest BCUT2D eigenvalue weighted by atomic mass is 10.2. The van der Waals surface area contributed by atoms with Crippen LogP contribution in [0.25, 0.3) is 0 Å². The van der Waals surface area contributed by atoms with E-state index in [4.69, 9.17) is 11.6 Å². The summed E-state index contributed by atoms with van der Waals surface area (Å²) in [5.74, 6) is -0.103. The van der Waals surface area contributed by atoms with Gasteiger partial charge in [0.25, 0.3) is 0 Å². The van der Waals surface area contributed by atoms with Crippen LogP contribution in [0.4, 0.5) is 0 Å². The average Bonchev–Trinajstić information content (AvgIpc) is 2.41. The van der Waals surface area contributed by atoms with Crippen molar-refractivity contribution in [3.8, 4) is 0 Å². The predicted octanol–water partition coefficient (Wildman–Crippen LogP) is 0.944. The Labute approximate surface area is 117 Å². The number of halogens is 1. The number of sulfonamides is 1. The Morgan fingerprint density at radius 3 is 2.37 bits per heavy atom. The Bertz CT molecular complexity index is 554. The normalized spacial score (nSPS) is 17.4. The lowest BCUT2D eigenvalue weighted by Crippen LogP contribution is -2.48. The Hall–Kier alpha value is -1.11. The molecule has 1 aliphatic rings. The van der Waals surface area contributed by atoms with E-state index in [0.29, 0.717) is 36.8 Å². The van der Waals surface area contributed by atoms with Crippen molar-refractivity contribution in [2.75, 3.05) is 26.2 Å². The highest BCUT2D eigenvalue weighted by atomic mass is 35.5. The Kier molecular flexibility index (Phi) is 4.44. The van der Waals surface area contributed by atoms with E-state index < -0.39 is 10.0 Å². The lowest BCUT2D eigenvalue weighted by molar-refractivity contribution is -0.119. The Morgan fingerprint density at radius 2 is 1.79 bits per heavy atom. The van der Waals surface area contributed by atoms with Gasteiger partial charge in [-0.1, -0.05) is 29.8 Å². The van der Waals surface area contributed by atoms with Crippen LogP contribution in [0.2, 0.25) is 5.02 Å². The zero-order valence-electron chi connectivity index (χ0n) is 10.3. The molecule has 0 spiro atoms. The van der Waals surface area contributed by atoms with E-state index in [1.807, 2.05) is 0 Å². The minimum Gasteiger partial charge on any atom is -0.343 e. The summed E-state index contributed by atoms with van der Waals surface area (Å²) in [5, 5.41) is 0.456. The first-order valence-electron chi connectivity index (χ1n) is 5.93. The molecule has 0 aliphatic carbocycles. The first-order valence-corrected chi connectivity index (χ1v) is 7.92. The lowest BCUT2D eigenvalue weighted by Gasteiger charge is -2.31. The van der Waals surface area contributed by atoms with Crippen molar-refractivity contribution in [1.29, 1.82) is 0 Å². The molecule has 1 saturated heterocycles. The quantitative estimate of drug-likeness (QED) is 0.778. The molecule has 0 unspecified atom stereocenters. The first-order chi connectivity index (χ1) is 9.03. The van der Waals surface area contributed by atoms with Crippen molar-refractivity contribution >= 4 is 28.0 Å². The van der Waals surface area contributed by atoms with E-state index >= 15 is 0 Å². The van der Waals surface area contributed by atoms with Crippen molar-refractivity contribution in [3.05, 3.63) is 34.9 Å². The summed E-state index contributed by atoms with van der Waals surface area (Å²) in [6.07, 6.45) is 0.748. The number of nitrogens with zero attached hydrogens (tertiary/aromatic N) is 2. The van der Waals surface area contributed by atoms with E-state index in [1.165, 1.54) is 4.31 Å². The maximum absolute atomic E-state index is 12.3. The van der Waals surface area contributed by atoms with Gasteiger partial charge in [-0.05, 0) is 11.6 Å². The van der Waals surface area contributed by atoms with Crippen molar-refractivity contribution in [1.82, 2.24) is 9.21 Å². The highest BCUT2D eigenvalue weighted by Crippen LogP contribution is 2.20. The van der Waals surface area contributed by atoms with Gasteiger partial charge in [0.15, 0.2) is 0 Å². The fourth-order valence-electron chi connectivity index (χ4n) is 1.99. The number of amides is 1. The minimum atomic E-state index is -3.38. The number of hydrogen-bond acceptors (Lipinski definition) is 3. The smallest absolute Gasteiger partial charge is 0.218 e. The minimum absolute atomic E-state index is 0.103. The van der Waals surface area contributed by atoms with Gasteiger partial charge in [0.2, 0.25) is 16.4 Å². The van der Waals surface area contributed by atoms with Gasteiger partial charge in [0, 0.05) is 31.2 Å². The maximum atomic E-state index is 12.3. The number of carbonyl (C=O) groups is 1. The highest BCUT2D eigenvalue weighted by molar-refractivity contribution is 7.88. The van der Waals surface area contributed by atoms with E-state index in [9.17, 15) is 13.2 Å². The van der Waals surface area contributed by atoms with Crippen LogP contribution in [0.3, 0.4) is 0 Å². The van der Waals surface area contributed by atoms with E-state index in [1.54, 1.807) is 29.2 Å². The van der Waals surface area contributed by atoms with Gasteiger partial charge < -0.3 is 4.90 Å². The summed E-state index contributed by atoms with van der Waals surface area (Å²) >= 11 is 5.98. The molecule has 0 radical (unpaired) electrons. The molecule has 19 heavy (non-hydrogen) atoms. The van der Waals surface area contributed by atoms with Gasteiger partial charge in [-0.2, -0.15) is 4.31 Å². The van der Waals surface area contributed by atoms with Crippen molar-refractivity contribution in [2.24, 2.45) is 0 Å². The molecule has 1 aromatic rings. The topological polar surface area (TPSA) is 57.7 Å². The summed E-state index contributed by atoms with van der Waals surface area (Å²) in [6.45, 7) is 1.55. The van der Waals surface area contributed by atoms with Crippen LogP contribution in [0.15, 0.2) is 24.3 Å². The summed E-state index contributed by atoms with van der Waals surface area (Å²) in [7, 11) is -3.38. The summed E-state index contributed by atoms with van der Waals surface area (Å²) < 4.78 is 25.9. The molecule has 1 amide bonds. The van der Waals surface area contributed by atoms with Crippen LogP contribution >= 0.6 is 11.6 Å². The van der Waals surface area contributed by atoms with Gasteiger partial charge in [0.1, 0.15) is 0 Å². The predicted molar refractivity (Wildman–Crippen MR) is 73.3 cm³/mol. The van der Waals surface area contributed by atoms with Gasteiger partial charge >= 0.3 is 0 Å². The molecule has 2 rings (SSSR count). The van der Waals surface area contributed by atoms with Crippen LogP contribution < -0.4 is 0 Å². The average molecular weight is 303 g/mol. The first kappa shape index (κ1) is 14.3. The number of rotatable bonds is 4. The number of benzene rings is 1. The number of hydrogen-bond donors (Lipinski definition) is 0. The number of piperazine rings is 1. The molecule has 0 atom stereocenters. The zero-order chi connectivity index (χ0) is 13.9.